The summed E-state index contributed by atoms with van der Waals surface area (Å²) < 4.78 is 1.96. The molecule has 0 heterocycles. The van der Waals surface area contributed by atoms with E-state index in [9.17, 15) is 10.2 Å². The van der Waals surface area contributed by atoms with Crippen molar-refractivity contribution >= 4 is 31.9 Å². The van der Waals surface area contributed by atoms with E-state index in [1.807, 2.05) is 12.1 Å². The van der Waals surface area contributed by atoms with E-state index in [2.05, 4.69) is 70.0 Å². The monoisotopic (exact) mass is 522 g/mol. The molecule has 1 aliphatic carbocycles. The second-order valence-electron chi connectivity index (χ2n) is 8.27. The van der Waals surface area contributed by atoms with Crippen LogP contribution >= 0.6 is 31.9 Å². The van der Waals surface area contributed by atoms with Crippen molar-refractivity contribution < 1.29 is 10.2 Å². The Labute approximate surface area is 192 Å². The van der Waals surface area contributed by atoms with Crippen LogP contribution in [-0.4, -0.2) is 22.4 Å². The Bertz CT molecular complexity index is 764. The van der Waals surface area contributed by atoms with Gasteiger partial charge in [0.25, 0.3) is 0 Å². The molecule has 2 unspecified atom stereocenters. The lowest BCUT2D eigenvalue weighted by molar-refractivity contribution is -0.00207. The highest BCUT2D eigenvalue weighted by molar-refractivity contribution is 9.10. The van der Waals surface area contributed by atoms with Crippen molar-refractivity contribution in [2.24, 2.45) is 0 Å². The SMILES string of the molecule is CCCCCC(O)C1(C(O)CCCCC)c2cc(Br)ccc2-c2ccc(Br)cc21. The Kier molecular flexibility index (Phi) is 8.00. The predicted octanol–water partition coefficient (Wildman–Crippen LogP) is 7.36. The molecule has 3 rings (SSSR count). The molecule has 29 heavy (non-hydrogen) atoms. The number of aliphatic hydroxyl groups is 2. The van der Waals surface area contributed by atoms with E-state index in [4.69, 9.17) is 0 Å². The summed E-state index contributed by atoms with van der Waals surface area (Å²) in [5.74, 6) is 0. The van der Waals surface area contributed by atoms with Gasteiger partial charge < -0.3 is 10.2 Å². The predicted molar refractivity (Wildman–Crippen MR) is 128 cm³/mol. The standard InChI is InChI=1S/C25H32Br2O2/c1-3-5-7-9-23(28)25(24(29)10-8-6-4-2)21-15-17(26)11-13-19(21)20-14-12-18(27)16-22(20)25/h11-16,23-24,28-29H,3-10H2,1-2H3. The normalized spacial score (nSPS) is 16.3. The van der Waals surface area contributed by atoms with E-state index in [0.29, 0.717) is 12.8 Å². The highest BCUT2D eigenvalue weighted by Gasteiger charge is 2.52. The number of unbranched alkanes of at least 4 members (excludes halogenated alkanes) is 4. The van der Waals surface area contributed by atoms with Crippen molar-refractivity contribution in [2.45, 2.75) is 82.8 Å². The number of halogens is 2. The van der Waals surface area contributed by atoms with Crippen LogP contribution in [-0.2, 0) is 5.41 Å². The summed E-state index contributed by atoms with van der Waals surface area (Å²) in [5.41, 5.74) is 3.56. The molecular formula is C25H32Br2O2. The largest absolute Gasteiger partial charge is 0.392 e. The minimum Gasteiger partial charge on any atom is -0.392 e. The molecule has 2 aromatic rings. The summed E-state index contributed by atoms with van der Waals surface area (Å²) >= 11 is 7.26. The highest BCUT2D eigenvalue weighted by Crippen LogP contribution is 2.55. The number of hydrogen-bond donors (Lipinski definition) is 2. The van der Waals surface area contributed by atoms with Crippen LogP contribution < -0.4 is 0 Å². The van der Waals surface area contributed by atoms with Gasteiger partial charge in [-0.1, -0.05) is 96.4 Å². The van der Waals surface area contributed by atoms with Crippen molar-refractivity contribution in [2.75, 3.05) is 0 Å². The summed E-state index contributed by atoms with van der Waals surface area (Å²) in [6.07, 6.45) is 6.47. The van der Waals surface area contributed by atoms with Gasteiger partial charge in [-0.2, -0.15) is 0 Å². The Balaban J connectivity index is 2.17. The zero-order chi connectivity index (χ0) is 21.0. The Hall–Kier alpha value is -0.680. The average molecular weight is 524 g/mol. The van der Waals surface area contributed by atoms with Gasteiger partial charge in [0.2, 0.25) is 0 Å². The maximum atomic E-state index is 11.6. The van der Waals surface area contributed by atoms with Crippen LogP contribution in [0.15, 0.2) is 45.3 Å². The van der Waals surface area contributed by atoms with Crippen LogP contribution in [0.25, 0.3) is 11.1 Å². The maximum Gasteiger partial charge on any atom is 0.0733 e. The third kappa shape index (κ3) is 4.37. The van der Waals surface area contributed by atoms with Crippen LogP contribution in [0, 0.1) is 0 Å². The molecule has 0 amide bonds. The lowest BCUT2D eigenvalue weighted by atomic mass is 9.67. The molecule has 0 aliphatic heterocycles. The van der Waals surface area contributed by atoms with E-state index >= 15 is 0 Å². The summed E-state index contributed by atoms with van der Waals surface area (Å²) in [6.45, 7) is 4.35. The number of rotatable bonds is 10. The van der Waals surface area contributed by atoms with Crippen molar-refractivity contribution in [3.63, 3.8) is 0 Å². The molecule has 2 nitrogen and oxygen atoms in total. The fourth-order valence-corrected chi connectivity index (χ4v) is 5.63. The van der Waals surface area contributed by atoms with E-state index in [1.165, 1.54) is 0 Å². The summed E-state index contributed by atoms with van der Waals surface area (Å²) in [4.78, 5) is 0. The van der Waals surface area contributed by atoms with Gasteiger partial charge >= 0.3 is 0 Å². The average Bonchev–Trinajstić information content (AvgIpc) is 2.97. The minimum absolute atomic E-state index is 0.630. The third-order valence-electron chi connectivity index (χ3n) is 6.36. The second kappa shape index (κ2) is 10.1. The zero-order valence-electron chi connectivity index (χ0n) is 17.4. The Morgan fingerprint density at radius 3 is 1.52 bits per heavy atom. The smallest absolute Gasteiger partial charge is 0.0733 e. The topological polar surface area (TPSA) is 40.5 Å². The fraction of sp³-hybridized carbons (Fsp3) is 0.520. The summed E-state index contributed by atoms with van der Waals surface area (Å²) in [5, 5.41) is 23.3. The molecular weight excluding hydrogens is 492 g/mol. The molecule has 158 valence electrons. The molecule has 0 aromatic heterocycles. The van der Waals surface area contributed by atoms with Gasteiger partial charge in [0.05, 0.1) is 17.6 Å². The molecule has 2 aromatic carbocycles. The van der Waals surface area contributed by atoms with Crippen molar-refractivity contribution in [3.8, 4) is 11.1 Å². The van der Waals surface area contributed by atoms with Gasteiger partial charge in [-0.3, -0.25) is 0 Å². The van der Waals surface area contributed by atoms with Crippen molar-refractivity contribution in [1.29, 1.82) is 0 Å². The lowest BCUT2D eigenvalue weighted by Crippen LogP contribution is -2.49. The molecule has 0 saturated carbocycles. The van der Waals surface area contributed by atoms with Gasteiger partial charge in [-0.25, -0.2) is 0 Å². The molecule has 2 N–H and O–H groups in total. The summed E-state index contributed by atoms with van der Waals surface area (Å²) in [7, 11) is 0. The number of hydrogen-bond acceptors (Lipinski definition) is 2. The fourth-order valence-electron chi connectivity index (χ4n) is 4.90. The van der Waals surface area contributed by atoms with Crippen LogP contribution in [0.4, 0.5) is 0 Å². The van der Waals surface area contributed by atoms with E-state index in [0.717, 1.165) is 69.7 Å². The molecule has 1 aliphatic rings. The Morgan fingerprint density at radius 1 is 0.724 bits per heavy atom. The van der Waals surface area contributed by atoms with Crippen molar-refractivity contribution in [3.05, 3.63) is 56.5 Å². The molecule has 4 heteroatoms. The summed E-state index contributed by atoms with van der Waals surface area (Å²) in [6, 6.07) is 12.5. The van der Waals surface area contributed by atoms with Gasteiger partial charge in [0.15, 0.2) is 0 Å². The minimum atomic E-state index is -0.792. The van der Waals surface area contributed by atoms with Gasteiger partial charge in [0.1, 0.15) is 0 Å². The first kappa shape index (κ1) is 23.0. The highest BCUT2D eigenvalue weighted by atomic mass is 79.9. The number of aliphatic hydroxyl groups excluding tert-OH is 2. The molecule has 0 bridgehead atoms. The first-order valence-corrected chi connectivity index (χ1v) is 12.5. The van der Waals surface area contributed by atoms with Crippen LogP contribution in [0.1, 0.15) is 76.3 Å². The maximum absolute atomic E-state index is 11.6. The number of fused-ring (bicyclic) bond motifs is 3. The second-order valence-corrected chi connectivity index (χ2v) is 10.1. The zero-order valence-corrected chi connectivity index (χ0v) is 20.6. The van der Waals surface area contributed by atoms with Gasteiger partial charge in [-0.15, -0.1) is 0 Å². The molecule has 0 radical (unpaired) electrons. The van der Waals surface area contributed by atoms with Crippen LogP contribution in [0.3, 0.4) is 0 Å². The lowest BCUT2D eigenvalue weighted by Gasteiger charge is -2.41. The first-order chi connectivity index (χ1) is 14.0. The third-order valence-corrected chi connectivity index (χ3v) is 7.34. The van der Waals surface area contributed by atoms with Crippen LogP contribution in [0.5, 0.6) is 0 Å². The Morgan fingerprint density at radius 2 is 1.14 bits per heavy atom. The molecule has 0 spiro atoms. The van der Waals surface area contributed by atoms with Crippen molar-refractivity contribution in [1.82, 2.24) is 0 Å². The van der Waals surface area contributed by atoms with E-state index in [-0.39, 0.29) is 0 Å². The van der Waals surface area contributed by atoms with E-state index < -0.39 is 17.6 Å². The molecule has 0 fully saturated rings. The van der Waals surface area contributed by atoms with E-state index in [1.54, 1.807) is 0 Å². The first-order valence-electron chi connectivity index (χ1n) is 10.9. The molecule has 2 atom stereocenters. The molecule has 0 saturated heterocycles. The van der Waals surface area contributed by atoms with Gasteiger partial charge in [0, 0.05) is 8.95 Å². The number of benzene rings is 2. The van der Waals surface area contributed by atoms with Gasteiger partial charge in [-0.05, 0) is 59.4 Å². The quantitative estimate of drug-likeness (QED) is 0.319. The van der Waals surface area contributed by atoms with Crippen LogP contribution in [0.2, 0.25) is 0 Å².